The number of hydroxylamine groups is 2. The molecule has 8 nitrogen and oxygen atoms in total. The van der Waals surface area contributed by atoms with Crippen molar-refractivity contribution in [3.63, 3.8) is 0 Å². The van der Waals surface area contributed by atoms with Gasteiger partial charge in [0.15, 0.2) is 5.82 Å². The highest BCUT2D eigenvalue weighted by Gasteiger charge is 2.63. The third-order valence-electron chi connectivity index (χ3n) is 6.68. The molecule has 2 bridgehead atoms. The van der Waals surface area contributed by atoms with Gasteiger partial charge in [-0.15, -0.1) is 5.06 Å². The first-order valence-corrected chi connectivity index (χ1v) is 11.0. The Morgan fingerprint density at radius 2 is 2.24 bits per heavy atom. The van der Waals surface area contributed by atoms with E-state index in [0.717, 1.165) is 60.7 Å². The molecule has 6 rings (SSSR count). The van der Waals surface area contributed by atoms with Crippen molar-refractivity contribution < 1.29 is 14.4 Å². The predicted molar refractivity (Wildman–Crippen MR) is 107 cm³/mol. The van der Waals surface area contributed by atoms with Crippen molar-refractivity contribution in [1.82, 2.24) is 19.6 Å². The third kappa shape index (κ3) is 3.46. The molecule has 4 saturated carbocycles. The van der Waals surface area contributed by atoms with Crippen LogP contribution in [0.4, 0.5) is 5.82 Å². The van der Waals surface area contributed by atoms with E-state index in [1.807, 2.05) is 24.1 Å². The summed E-state index contributed by atoms with van der Waals surface area (Å²) in [5, 5.41) is 12.2. The highest BCUT2D eigenvalue weighted by Crippen LogP contribution is 2.62. The van der Waals surface area contributed by atoms with Crippen LogP contribution in [-0.4, -0.2) is 43.6 Å². The second-order valence-corrected chi connectivity index (χ2v) is 9.65. The Balaban J connectivity index is 1.18. The first kappa shape index (κ1) is 18.7. The van der Waals surface area contributed by atoms with Crippen molar-refractivity contribution in [3.05, 3.63) is 28.4 Å². The molecule has 4 fully saturated rings. The maximum atomic E-state index is 12.2. The van der Waals surface area contributed by atoms with Gasteiger partial charge in [0, 0.05) is 28.6 Å². The number of hydrogen-bond acceptors (Lipinski definition) is 7. The first-order chi connectivity index (χ1) is 14.0. The van der Waals surface area contributed by atoms with Crippen LogP contribution in [-0.2, 0) is 20.8 Å². The number of anilines is 1. The molecular formula is C20H25N5O3S. The second kappa shape index (κ2) is 7.21. The minimum Gasteiger partial charge on any atom is -0.370 e. The van der Waals surface area contributed by atoms with Crippen molar-refractivity contribution in [1.29, 1.82) is 0 Å². The molecule has 2 atom stereocenters. The van der Waals surface area contributed by atoms with Crippen molar-refractivity contribution >= 4 is 29.7 Å². The van der Waals surface area contributed by atoms with Crippen LogP contribution in [0.3, 0.4) is 0 Å². The van der Waals surface area contributed by atoms with Crippen LogP contribution in [0, 0.1) is 12.8 Å². The van der Waals surface area contributed by atoms with E-state index in [1.54, 1.807) is 0 Å². The molecule has 2 unspecified atom stereocenters. The smallest absolute Gasteiger partial charge is 0.313 e. The fraction of sp³-hybridized carbons (Fsp3) is 0.600. The summed E-state index contributed by atoms with van der Waals surface area (Å²) in [5.74, 6) is 1.62. The van der Waals surface area contributed by atoms with E-state index >= 15 is 0 Å². The normalized spacial score (nSPS) is 29.9. The number of rotatable bonds is 8. The summed E-state index contributed by atoms with van der Waals surface area (Å²) < 4.78 is 4.20. The van der Waals surface area contributed by atoms with E-state index in [-0.39, 0.29) is 17.5 Å². The van der Waals surface area contributed by atoms with Crippen LogP contribution in [0.1, 0.15) is 60.7 Å². The van der Waals surface area contributed by atoms with Crippen LogP contribution in [0.15, 0.2) is 12.1 Å². The molecule has 0 aliphatic heterocycles. The van der Waals surface area contributed by atoms with Crippen molar-refractivity contribution in [2.45, 2.75) is 69.4 Å². The van der Waals surface area contributed by atoms with Crippen LogP contribution in [0.2, 0.25) is 0 Å². The second-order valence-electron chi connectivity index (χ2n) is 8.76. The molecule has 2 aromatic heterocycles. The lowest BCUT2D eigenvalue weighted by molar-refractivity contribution is -0.297. The lowest BCUT2D eigenvalue weighted by Crippen LogP contribution is -2.69. The van der Waals surface area contributed by atoms with E-state index in [9.17, 15) is 9.59 Å². The van der Waals surface area contributed by atoms with Crippen LogP contribution >= 0.6 is 11.5 Å². The highest BCUT2D eigenvalue weighted by molar-refractivity contribution is 7.05. The zero-order chi connectivity index (χ0) is 20.0. The van der Waals surface area contributed by atoms with Crippen molar-refractivity contribution in [3.8, 4) is 0 Å². The molecule has 154 valence electrons. The molecule has 0 spiro atoms. The van der Waals surface area contributed by atoms with E-state index in [1.165, 1.54) is 11.5 Å². The summed E-state index contributed by atoms with van der Waals surface area (Å²) in [6, 6.07) is 4.11. The lowest BCUT2D eigenvalue weighted by Gasteiger charge is -2.65. The number of nitrogens with zero attached hydrogens (tertiary/aromatic N) is 3. The van der Waals surface area contributed by atoms with Crippen molar-refractivity contribution in [2.24, 2.45) is 5.92 Å². The number of amides is 1. The Kier molecular flexibility index (Phi) is 4.66. The minimum atomic E-state index is -0.0924. The predicted octanol–water partition coefficient (Wildman–Crippen LogP) is 2.93. The lowest BCUT2D eigenvalue weighted by atomic mass is 9.49. The summed E-state index contributed by atoms with van der Waals surface area (Å²) >= 11 is 1.35. The molecule has 0 radical (unpaired) electrons. The number of carbonyl (C=O) groups excluding carboxylic acids is 2. The average molecular weight is 416 g/mol. The molecule has 9 heteroatoms. The number of H-pyrrole nitrogens is 1. The molecule has 2 heterocycles. The Morgan fingerprint density at radius 3 is 2.90 bits per heavy atom. The van der Waals surface area contributed by atoms with E-state index < -0.39 is 0 Å². The SMILES string of the molecule is Cc1cc(CC(=O)Nc2cc(C3CCC(N(OC=O)C45CC(C4)C5)C3)[nH]n2)sn1. The third-order valence-corrected chi connectivity index (χ3v) is 7.56. The van der Waals surface area contributed by atoms with E-state index in [4.69, 9.17) is 4.84 Å². The summed E-state index contributed by atoms with van der Waals surface area (Å²) in [6.07, 6.45) is 6.70. The number of nitrogens with one attached hydrogen (secondary N) is 2. The average Bonchev–Trinajstić information content (AvgIpc) is 3.32. The van der Waals surface area contributed by atoms with Gasteiger partial charge in [-0.25, -0.2) is 0 Å². The Hall–Kier alpha value is -2.26. The van der Waals surface area contributed by atoms with Crippen molar-refractivity contribution in [2.75, 3.05) is 5.32 Å². The standard InChI is InChI=1S/C20H25N5O3S/c1-12-4-16(29-24-12)6-19(27)21-18-7-17(22-23-18)14-2-3-15(5-14)25(28-11-26)20-8-13(9-20)10-20/h4,7,11,13-15H,2-3,5-6,8-10H2,1H3,(H2,21,22,23,27). The van der Waals surface area contributed by atoms with Crippen LogP contribution in [0.25, 0.3) is 0 Å². The zero-order valence-electron chi connectivity index (χ0n) is 16.4. The molecule has 2 aromatic rings. The van der Waals surface area contributed by atoms with E-state index in [0.29, 0.717) is 24.6 Å². The number of aryl methyl sites for hydroxylation is 1. The summed E-state index contributed by atoms with van der Waals surface area (Å²) in [4.78, 5) is 29.7. The molecule has 29 heavy (non-hydrogen) atoms. The summed E-state index contributed by atoms with van der Waals surface area (Å²) in [7, 11) is 0. The quantitative estimate of drug-likeness (QED) is 0.508. The van der Waals surface area contributed by atoms with Gasteiger partial charge in [0.25, 0.3) is 0 Å². The molecule has 2 N–H and O–H groups in total. The summed E-state index contributed by atoms with van der Waals surface area (Å²) in [5.41, 5.74) is 2.06. The van der Waals surface area contributed by atoms with Gasteiger partial charge in [-0.05, 0) is 69.0 Å². The Bertz CT molecular complexity index is 908. The number of hydrogen-bond donors (Lipinski definition) is 2. The van der Waals surface area contributed by atoms with E-state index in [2.05, 4.69) is 19.9 Å². The Labute approximate surface area is 173 Å². The van der Waals surface area contributed by atoms with Crippen LogP contribution < -0.4 is 5.32 Å². The number of carbonyl (C=O) groups is 2. The van der Waals surface area contributed by atoms with Gasteiger partial charge in [0.1, 0.15) is 0 Å². The fourth-order valence-electron chi connectivity index (χ4n) is 5.24. The molecule has 0 saturated heterocycles. The first-order valence-electron chi connectivity index (χ1n) is 10.2. The monoisotopic (exact) mass is 415 g/mol. The fourth-order valence-corrected chi connectivity index (χ4v) is 5.97. The maximum absolute atomic E-state index is 12.2. The molecule has 4 aliphatic carbocycles. The molecule has 0 aromatic carbocycles. The molecule has 4 aliphatic rings. The number of aromatic nitrogens is 3. The zero-order valence-corrected chi connectivity index (χ0v) is 17.2. The largest absolute Gasteiger partial charge is 0.370 e. The van der Waals surface area contributed by atoms with Gasteiger partial charge >= 0.3 is 6.47 Å². The van der Waals surface area contributed by atoms with Gasteiger partial charge in [0.05, 0.1) is 17.7 Å². The summed E-state index contributed by atoms with van der Waals surface area (Å²) in [6.45, 7) is 2.49. The van der Waals surface area contributed by atoms with Gasteiger partial charge in [0.2, 0.25) is 5.91 Å². The van der Waals surface area contributed by atoms with Gasteiger partial charge in [-0.2, -0.15) is 9.47 Å². The molecular weight excluding hydrogens is 390 g/mol. The molecule has 1 amide bonds. The van der Waals surface area contributed by atoms with Gasteiger partial charge in [-0.1, -0.05) is 0 Å². The van der Waals surface area contributed by atoms with Crippen LogP contribution in [0.5, 0.6) is 0 Å². The highest BCUT2D eigenvalue weighted by atomic mass is 32.1. The Morgan fingerprint density at radius 1 is 1.41 bits per heavy atom. The van der Waals surface area contributed by atoms with Gasteiger partial charge < -0.3 is 10.2 Å². The van der Waals surface area contributed by atoms with Gasteiger partial charge in [-0.3, -0.25) is 14.7 Å². The maximum Gasteiger partial charge on any atom is 0.313 e. The minimum absolute atomic E-state index is 0.0924. The number of aromatic amines is 1. The topological polar surface area (TPSA) is 100 Å².